The summed E-state index contributed by atoms with van der Waals surface area (Å²) < 4.78 is 4.65. The Balaban J connectivity index is 1.16. The Morgan fingerprint density at radius 3 is 2.02 bits per heavy atom. The van der Waals surface area contributed by atoms with Crippen molar-refractivity contribution in [2.24, 2.45) is 5.92 Å². The van der Waals surface area contributed by atoms with Crippen molar-refractivity contribution >= 4 is 66.1 Å². The Bertz CT molecular complexity index is 3320. The van der Waals surface area contributed by atoms with Gasteiger partial charge in [-0.05, 0) is 71.9 Å². The summed E-state index contributed by atoms with van der Waals surface area (Å²) in [6, 6.07) is 50.2. The van der Waals surface area contributed by atoms with Crippen molar-refractivity contribution in [2.75, 3.05) is 4.90 Å². The third-order valence-corrected chi connectivity index (χ3v) is 13.3. The van der Waals surface area contributed by atoms with Gasteiger partial charge in [-0.15, -0.1) is 0 Å². The molecular formula is C55H46N6. The number of anilines is 2. The van der Waals surface area contributed by atoms with Crippen LogP contribution in [0.4, 0.5) is 11.4 Å². The molecule has 0 saturated heterocycles. The van der Waals surface area contributed by atoms with E-state index in [1.165, 1.54) is 38.8 Å². The summed E-state index contributed by atoms with van der Waals surface area (Å²) in [6.07, 6.45) is 11.0. The van der Waals surface area contributed by atoms with E-state index in [4.69, 9.17) is 21.5 Å². The number of allylic oxidation sites excluding steroid dienone is 6. The van der Waals surface area contributed by atoms with Gasteiger partial charge < -0.3 is 9.47 Å². The zero-order valence-corrected chi connectivity index (χ0v) is 34.9. The second-order valence-electron chi connectivity index (χ2n) is 16.9. The van der Waals surface area contributed by atoms with E-state index < -0.39 is 0 Å². The molecule has 6 nitrogen and oxygen atoms in total. The van der Waals surface area contributed by atoms with Gasteiger partial charge in [0.05, 0.1) is 28.1 Å². The first kappa shape index (κ1) is 36.7. The van der Waals surface area contributed by atoms with E-state index in [1.807, 2.05) is 19.1 Å². The fourth-order valence-electron chi connectivity index (χ4n) is 10.1. The van der Waals surface area contributed by atoms with E-state index in [-0.39, 0.29) is 11.5 Å². The second-order valence-corrected chi connectivity index (χ2v) is 16.9. The third kappa shape index (κ3) is 5.59. The predicted octanol–water partition coefficient (Wildman–Crippen LogP) is 13.3. The number of benzene rings is 6. The summed E-state index contributed by atoms with van der Waals surface area (Å²) in [5.74, 6) is 2.10. The van der Waals surface area contributed by atoms with Crippen LogP contribution in [-0.4, -0.2) is 30.1 Å². The zero-order chi connectivity index (χ0) is 41.4. The lowest BCUT2D eigenvalue weighted by atomic mass is 9.66. The quantitative estimate of drug-likeness (QED) is 0.151. The van der Waals surface area contributed by atoms with Gasteiger partial charge in [-0.1, -0.05) is 155 Å². The smallest absolute Gasteiger partial charge is 0.238 e. The Hall–Kier alpha value is -7.31. The maximum Gasteiger partial charge on any atom is 0.238 e. The van der Waals surface area contributed by atoms with Crippen LogP contribution >= 0.6 is 0 Å². The number of hydrogen-bond donors (Lipinski definition) is 0. The monoisotopic (exact) mass is 790 g/mol. The fraction of sp³-hybridized carbons (Fsp3) is 0.145. The van der Waals surface area contributed by atoms with Crippen LogP contribution in [0.1, 0.15) is 50.5 Å². The first-order chi connectivity index (χ1) is 29.8. The van der Waals surface area contributed by atoms with Crippen LogP contribution in [0.15, 0.2) is 176 Å². The number of fused-ring (bicyclic) bond motifs is 12. The van der Waals surface area contributed by atoms with Crippen molar-refractivity contribution in [1.82, 2.24) is 24.1 Å². The lowest BCUT2D eigenvalue weighted by molar-refractivity contribution is 0.308. The number of aromatic nitrogens is 5. The molecule has 5 heterocycles. The molecule has 61 heavy (non-hydrogen) atoms. The minimum absolute atomic E-state index is 0.0584. The normalized spacial score (nSPS) is 17.6. The number of rotatable bonds is 7. The van der Waals surface area contributed by atoms with Gasteiger partial charge in [0, 0.05) is 56.2 Å². The van der Waals surface area contributed by atoms with E-state index in [0.717, 1.165) is 44.1 Å². The van der Waals surface area contributed by atoms with Crippen LogP contribution in [-0.2, 0) is 11.8 Å². The minimum atomic E-state index is -0.0584. The molecule has 0 fully saturated rings. The number of hydrogen-bond acceptors (Lipinski definition) is 4. The first-order valence-electron chi connectivity index (χ1n) is 21.3. The van der Waals surface area contributed by atoms with Gasteiger partial charge in [0.25, 0.3) is 0 Å². The van der Waals surface area contributed by atoms with Crippen molar-refractivity contribution in [3.63, 3.8) is 0 Å². The average Bonchev–Trinajstić information content (AvgIpc) is 3.93. The van der Waals surface area contributed by atoms with Gasteiger partial charge in [0.2, 0.25) is 5.95 Å². The topological polar surface area (TPSA) is 51.8 Å². The molecule has 0 radical (unpaired) electrons. The highest BCUT2D eigenvalue weighted by molar-refractivity contribution is 6.23. The minimum Gasteiger partial charge on any atom is -0.333 e. The van der Waals surface area contributed by atoms with Crippen molar-refractivity contribution in [2.45, 2.75) is 45.6 Å². The number of nitrogens with zero attached hydrogens (tertiary/aromatic N) is 6. The molecule has 0 amide bonds. The van der Waals surface area contributed by atoms with Gasteiger partial charge in [-0.25, -0.2) is 4.98 Å². The van der Waals surface area contributed by atoms with E-state index in [9.17, 15) is 0 Å². The van der Waals surface area contributed by atoms with E-state index in [0.29, 0.717) is 29.9 Å². The molecule has 2 atom stereocenters. The van der Waals surface area contributed by atoms with Crippen molar-refractivity contribution in [1.29, 1.82) is 0 Å². The zero-order valence-electron chi connectivity index (χ0n) is 34.9. The predicted molar refractivity (Wildman–Crippen MR) is 254 cm³/mol. The summed E-state index contributed by atoms with van der Waals surface area (Å²) in [4.78, 5) is 18.4. The summed E-state index contributed by atoms with van der Waals surface area (Å²) in [6.45, 7) is 13.9. The molecule has 3 aromatic heterocycles. The Labute approximate surface area is 356 Å². The highest BCUT2D eigenvalue weighted by Crippen LogP contribution is 2.57. The summed E-state index contributed by atoms with van der Waals surface area (Å²) in [7, 11) is 0. The van der Waals surface area contributed by atoms with Crippen LogP contribution in [0.5, 0.6) is 0 Å². The maximum atomic E-state index is 5.40. The molecule has 2 aliphatic heterocycles. The van der Waals surface area contributed by atoms with Crippen molar-refractivity contribution < 1.29 is 0 Å². The van der Waals surface area contributed by atoms with Crippen molar-refractivity contribution in [3.8, 4) is 11.6 Å². The molecule has 2 unspecified atom stereocenters. The molecule has 0 aliphatic carbocycles. The molecule has 0 spiro atoms. The summed E-state index contributed by atoms with van der Waals surface area (Å²) in [5, 5.41) is 4.64. The summed E-state index contributed by atoms with van der Waals surface area (Å²) >= 11 is 0. The molecule has 0 bridgehead atoms. The fourth-order valence-corrected chi connectivity index (χ4v) is 10.1. The van der Waals surface area contributed by atoms with E-state index in [2.05, 4.69) is 193 Å². The SMILES string of the molecule is C=C(C=C1c2ccccc2N2c3ccccc3C(C)(C)C(C)C12)c1nc(CC=CC=CC)nc(-n2c3ccccc3c3ccc4c5ccccc5n(-c5ccccc5)c4c32)n1. The van der Waals surface area contributed by atoms with Gasteiger partial charge in [-0.2, -0.15) is 9.97 Å². The average molecular weight is 791 g/mol. The van der Waals surface area contributed by atoms with E-state index in [1.54, 1.807) is 0 Å². The highest BCUT2D eigenvalue weighted by atomic mass is 15.2. The van der Waals surface area contributed by atoms with Crippen LogP contribution < -0.4 is 4.90 Å². The molecule has 0 N–H and O–H groups in total. The van der Waals surface area contributed by atoms with Crippen molar-refractivity contribution in [3.05, 3.63) is 199 Å². The number of para-hydroxylation sites is 5. The maximum absolute atomic E-state index is 5.40. The Morgan fingerprint density at radius 1 is 0.656 bits per heavy atom. The Kier molecular flexibility index (Phi) is 8.53. The van der Waals surface area contributed by atoms with Crippen LogP contribution in [0.25, 0.3) is 66.4 Å². The summed E-state index contributed by atoms with van der Waals surface area (Å²) in [5.41, 5.74) is 12.4. The lowest BCUT2D eigenvalue weighted by Gasteiger charge is -2.48. The van der Waals surface area contributed by atoms with Crippen LogP contribution in [0.3, 0.4) is 0 Å². The molecule has 11 rings (SSSR count). The van der Waals surface area contributed by atoms with E-state index >= 15 is 0 Å². The molecule has 6 heteroatoms. The van der Waals surface area contributed by atoms with Gasteiger partial charge in [0.1, 0.15) is 5.82 Å². The highest BCUT2D eigenvalue weighted by Gasteiger charge is 2.49. The first-order valence-corrected chi connectivity index (χ1v) is 21.3. The molecule has 0 saturated carbocycles. The molecular weight excluding hydrogens is 745 g/mol. The third-order valence-electron chi connectivity index (χ3n) is 13.3. The largest absolute Gasteiger partial charge is 0.333 e. The standard InChI is InChI=1S/C55H46N6/c1-6-7-8-12-31-49-56-53(35(2)34-43-40-25-15-18-28-46(40)60-48-30-20-16-26-44(48)55(4,5)36(3)50(43)60)58-54(57-49)61-47-29-19-14-24-39(47)42-33-32-41-38-23-13-17-27-45(38)59(51(41)52(42)61)37-21-10-9-11-22-37/h6-30,32-34,36,50H,2,31H2,1,3-5H3. The van der Waals surface area contributed by atoms with Gasteiger partial charge in [0.15, 0.2) is 5.82 Å². The van der Waals surface area contributed by atoms with Gasteiger partial charge >= 0.3 is 0 Å². The molecule has 6 aromatic carbocycles. The van der Waals surface area contributed by atoms with Gasteiger partial charge in [-0.3, -0.25) is 4.57 Å². The second kappa shape index (κ2) is 14.2. The Morgan fingerprint density at radius 2 is 1.28 bits per heavy atom. The lowest BCUT2D eigenvalue weighted by Crippen LogP contribution is -2.47. The molecule has 9 aromatic rings. The molecule has 2 aliphatic rings. The molecule has 296 valence electrons. The van der Waals surface area contributed by atoms with Crippen LogP contribution in [0, 0.1) is 5.92 Å². The van der Waals surface area contributed by atoms with Crippen LogP contribution in [0.2, 0.25) is 0 Å².